The molecule has 2 heterocycles. The summed E-state index contributed by atoms with van der Waals surface area (Å²) in [7, 11) is 1.89. The van der Waals surface area contributed by atoms with Gasteiger partial charge in [-0.3, -0.25) is 10.1 Å². The fourth-order valence-electron chi connectivity index (χ4n) is 2.14. The zero-order valence-electron chi connectivity index (χ0n) is 15.1. The first kappa shape index (κ1) is 18.5. The quantitative estimate of drug-likeness (QED) is 0.675. The molecule has 26 heavy (non-hydrogen) atoms. The topological polar surface area (TPSA) is 85.6 Å². The van der Waals surface area contributed by atoms with Crippen LogP contribution in [0.5, 0.6) is 0 Å². The highest BCUT2D eigenvalue weighted by molar-refractivity contribution is 7.99. The second kappa shape index (κ2) is 7.55. The van der Waals surface area contributed by atoms with Crippen molar-refractivity contribution in [3.05, 3.63) is 35.3 Å². The largest absolute Gasteiger partial charge is 0.305 e. The van der Waals surface area contributed by atoms with Crippen LogP contribution in [0.1, 0.15) is 25.8 Å². The van der Waals surface area contributed by atoms with E-state index in [1.807, 2.05) is 41.9 Å². The van der Waals surface area contributed by atoms with Gasteiger partial charge in [-0.2, -0.15) is 0 Å². The zero-order chi connectivity index (χ0) is 18.7. The molecule has 0 spiro atoms. The molecule has 0 saturated heterocycles. The van der Waals surface area contributed by atoms with Crippen LogP contribution in [-0.4, -0.2) is 36.6 Å². The maximum absolute atomic E-state index is 12.2. The Hall–Kier alpha value is -2.26. The Balaban J connectivity index is 1.60. The third-order valence-corrected chi connectivity index (χ3v) is 5.80. The average Bonchev–Trinajstić information content (AvgIpc) is 3.20. The molecule has 0 aliphatic heterocycles. The van der Waals surface area contributed by atoms with Gasteiger partial charge in [0.2, 0.25) is 11.0 Å². The summed E-state index contributed by atoms with van der Waals surface area (Å²) in [5, 5.41) is 21.4. The first-order valence-corrected chi connectivity index (χ1v) is 9.86. The third-order valence-electron chi connectivity index (χ3n) is 3.51. The lowest BCUT2D eigenvalue weighted by molar-refractivity contribution is -0.113. The predicted molar refractivity (Wildman–Crippen MR) is 104 cm³/mol. The van der Waals surface area contributed by atoms with Gasteiger partial charge in [0.1, 0.15) is 5.01 Å². The smallest absolute Gasteiger partial charge is 0.236 e. The molecule has 9 heteroatoms. The number of anilines is 1. The molecule has 0 bridgehead atoms. The lowest BCUT2D eigenvalue weighted by atomic mass is 9.98. The standard InChI is InChI=1S/C17H20N6OS2/c1-17(2,3)14-20-21-15(26-14)18-12(24)10-25-16-22-19-13(23(16)4)11-8-6-5-7-9-11/h5-9H,10H2,1-4H3,(H,18,21,24). The van der Waals surface area contributed by atoms with Gasteiger partial charge in [-0.25, -0.2) is 0 Å². The summed E-state index contributed by atoms with van der Waals surface area (Å²) < 4.78 is 1.88. The summed E-state index contributed by atoms with van der Waals surface area (Å²) in [6.07, 6.45) is 0. The monoisotopic (exact) mass is 388 g/mol. The summed E-state index contributed by atoms with van der Waals surface area (Å²) in [6, 6.07) is 9.83. The molecule has 0 fully saturated rings. The van der Waals surface area contributed by atoms with Gasteiger partial charge in [-0.05, 0) is 0 Å². The van der Waals surface area contributed by atoms with Crippen LogP contribution in [0.15, 0.2) is 35.5 Å². The molecule has 1 aromatic carbocycles. The zero-order valence-corrected chi connectivity index (χ0v) is 16.7. The summed E-state index contributed by atoms with van der Waals surface area (Å²) in [4.78, 5) is 12.2. The number of aromatic nitrogens is 5. The van der Waals surface area contributed by atoms with Crippen molar-refractivity contribution < 1.29 is 4.79 Å². The van der Waals surface area contributed by atoms with Gasteiger partial charge in [0.25, 0.3) is 0 Å². The van der Waals surface area contributed by atoms with E-state index in [0.29, 0.717) is 10.3 Å². The SMILES string of the molecule is Cn1c(SCC(=O)Nc2nnc(C(C)(C)C)s2)nnc1-c1ccccc1. The molecular formula is C17H20N6OS2. The fraction of sp³-hybridized carbons (Fsp3) is 0.353. The van der Waals surface area contributed by atoms with Crippen molar-refractivity contribution >= 4 is 34.1 Å². The van der Waals surface area contributed by atoms with Crippen LogP contribution in [0.3, 0.4) is 0 Å². The fourth-order valence-corrected chi connectivity index (χ4v) is 3.67. The number of thioether (sulfide) groups is 1. The minimum Gasteiger partial charge on any atom is -0.305 e. The minimum atomic E-state index is -0.143. The Labute approximate surface area is 160 Å². The van der Waals surface area contributed by atoms with E-state index in [9.17, 15) is 4.79 Å². The van der Waals surface area contributed by atoms with Gasteiger partial charge in [-0.1, -0.05) is 74.2 Å². The Kier molecular flexibility index (Phi) is 5.38. The molecule has 7 nitrogen and oxygen atoms in total. The second-order valence-corrected chi connectivity index (χ2v) is 8.65. The van der Waals surface area contributed by atoms with Gasteiger partial charge in [0.15, 0.2) is 11.0 Å². The van der Waals surface area contributed by atoms with Crippen molar-refractivity contribution in [2.75, 3.05) is 11.1 Å². The highest BCUT2D eigenvalue weighted by Gasteiger charge is 2.20. The summed E-state index contributed by atoms with van der Waals surface area (Å²) in [6.45, 7) is 6.19. The van der Waals surface area contributed by atoms with Crippen LogP contribution in [-0.2, 0) is 17.3 Å². The van der Waals surface area contributed by atoms with Crippen LogP contribution < -0.4 is 5.32 Å². The molecule has 3 aromatic rings. The van der Waals surface area contributed by atoms with Gasteiger partial charge >= 0.3 is 0 Å². The van der Waals surface area contributed by atoms with Gasteiger partial charge < -0.3 is 4.57 Å². The van der Waals surface area contributed by atoms with Crippen molar-refractivity contribution in [1.29, 1.82) is 0 Å². The molecule has 0 aliphatic rings. The lowest BCUT2D eigenvalue weighted by Crippen LogP contribution is -2.14. The van der Waals surface area contributed by atoms with Crippen molar-refractivity contribution in [1.82, 2.24) is 25.0 Å². The molecule has 136 valence electrons. The molecule has 0 unspecified atom stereocenters. The number of hydrogen-bond donors (Lipinski definition) is 1. The van der Waals surface area contributed by atoms with E-state index in [2.05, 4.69) is 46.5 Å². The Morgan fingerprint density at radius 1 is 1.15 bits per heavy atom. The number of nitrogens with one attached hydrogen (secondary N) is 1. The third kappa shape index (κ3) is 4.28. The minimum absolute atomic E-state index is 0.0815. The van der Waals surface area contributed by atoms with Gasteiger partial charge in [0, 0.05) is 18.0 Å². The van der Waals surface area contributed by atoms with E-state index in [4.69, 9.17) is 0 Å². The molecule has 0 radical (unpaired) electrons. The molecule has 1 N–H and O–H groups in total. The van der Waals surface area contributed by atoms with Gasteiger partial charge in [-0.15, -0.1) is 20.4 Å². The van der Waals surface area contributed by atoms with Crippen molar-refractivity contribution in [2.45, 2.75) is 31.3 Å². The van der Waals surface area contributed by atoms with Crippen LogP contribution >= 0.6 is 23.1 Å². The second-order valence-electron chi connectivity index (χ2n) is 6.73. The molecule has 0 aliphatic carbocycles. The van der Waals surface area contributed by atoms with Crippen molar-refractivity contribution in [3.8, 4) is 11.4 Å². The Morgan fingerprint density at radius 3 is 2.54 bits per heavy atom. The van der Waals surface area contributed by atoms with E-state index >= 15 is 0 Å². The van der Waals surface area contributed by atoms with Crippen LogP contribution in [0.4, 0.5) is 5.13 Å². The molecule has 0 atom stereocenters. The van der Waals surface area contributed by atoms with Crippen LogP contribution in [0.2, 0.25) is 0 Å². The summed E-state index contributed by atoms with van der Waals surface area (Å²) in [5.74, 6) is 0.855. The number of nitrogens with zero attached hydrogens (tertiary/aromatic N) is 5. The van der Waals surface area contributed by atoms with Crippen LogP contribution in [0.25, 0.3) is 11.4 Å². The molecule has 2 aromatic heterocycles. The molecule has 1 amide bonds. The highest BCUT2D eigenvalue weighted by Crippen LogP contribution is 2.28. The highest BCUT2D eigenvalue weighted by atomic mass is 32.2. The van der Waals surface area contributed by atoms with E-state index in [-0.39, 0.29) is 17.1 Å². The number of carbonyl (C=O) groups excluding carboxylic acids is 1. The lowest BCUT2D eigenvalue weighted by Gasteiger charge is -2.12. The number of rotatable bonds is 5. The number of hydrogen-bond acceptors (Lipinski definition) is 7. The normalized spacial score (nSPS) is 11.5. The maximum Gasteiger partial charge on any atom is 0.236 e. The summed E-state index contributed by atoms with van der Waals surface area (Å²) >= 11 is 2.73. The van der Waals surface area contributed by atoms with E-state index in [1.165, 1.54) is 23.1 Å². The Morgan fingerprint density at radius 2 is 1.88 bits per heavy atom. The number of amides is 1. The maximum atomic E-state index is 12.2. The van der Waals surface area contributed by atoms with Crippen molar-refractivity contribution in [3.63, 3.8) is 0 Å². The first-order chi connectivity index (χ1) is 12.3. The van der Waals surface area contributed by atoms with Crippen LogP contribution in [0, 0.1) is 0 Å². The van der Waals surface area contributed by atoms with Gasteiger partial charge in [0.05, 0.1) is 5.75 Å². The first-order valence-electron chi connectivity index (χ1n) is 8.06. The van der Waals surface area contributed by atoms with E-state index in [0.717, 1.165) is 16.4 Å². The van der Waals surface area contributed by atoms with E-state index in [1.54, 1.807) is 0 Å². The molecular weight excluding hydrogens is 368 g/mol. The molecule has 3 rings (SSSR count). The van der Waals surface area contributed by atoms with Crippen molar-refractivity contribution in [2.24, 2.45) is 7.05 Å². The predicted octanol–water partition coefficient (Wildman–Crippen LogP) is 3.36. The Bertz CT molecular complexity index is 898. The average molecular weight is 389 g/mol. The number of benzene rings is 1. The number of carbonyl (C=O) groups is 1. The summed E-state index contributed by atoms with van der Waals surface area (Å²) in [5.41, 5.74) is 0.907. The molecule has 0 saturated carbocycles. The van der Waals surface area contributed by atoms with E-state index < -0.39 is 0 Å².